The molecule has 0 aliphatic heterocycles. The highest BCUT2D eigenvalue weighted by molar-refractivity contribution is 5.86. The van der Waals surface area contributed by atoms with E-state index in [0.717, 1.165) is 22.5 Å². The van der Waals surface area contributed by atoms with Crippen LogP contribution in [0.3, 0.4) is 0 Å². The Labute approximate surface area is 124 Å². The largest absolute Gasteiger partial charge is 0.476 e. The summed E-state index contributed by atoms with van der Waals surface area (Å²) < 4.78 is 1.58. The van der Waals surface area contributed by atoms with E-state index in [1.54, 1.807) is 4.40 Å². The van der Waals surface area contributed by atoms with Crippen LogP contribution in [0, 0.1) is 0 Å². The van der Waals surface area contributed by atoms with Gasteiger partial charge in [0.25, 0.3) is 5.56 Å². The number of rotatable bonds is 1. The van der Waals surface area contributed by atoms with E-state index >= 15 is 0 Å². The highest BCUT2D eigenvalue weighted by Gasteiger charge is 2.24. The molecule has 0 saturated carbocycles. The standard InChI is InChI=1S/C14H9N3O3.ClH/c18-13-12-15-9(14(19)20)6-17(12)10-5-7-3-1-2-4-8(7)11(10)16-13;/h1-4,6H,5H2,(H,16,18)(H,19,20);1H. The molecule has 3 aromatic rings. The topological polar surface area (TPSA) is 87.5 Å². The van der Waals surface area contributed by atoms with Gasteiger partial charge in [0.05, 0.1) is 11.4 Å². The predicted octanol–water partition coefficient (Wildman–Crippen LogP) is 1.71. The van der Waals surface area contributed by atoms with Gasteiger partial charge >= 0.3 is 5.97 Å². The van der Waals surface area contributed by atoms with Crippen LogP contribution in [0.4, 0.5) is 0 Å². The maximum atomic E-state index is 12.1. The van der Waals surface area contributed by atoms with Crippen molar-refractivity contribution in [3.05, 3.63) is 57.8 Å². The van der Waals surface area contributed by atoms with Crippen molar-refractivity contribution in [1.29, 1.82) is 0 Å². The molecule has 106 valence electrons. The molecule has 0 amide bonds. The molecular formula is C14H10ClN3O3. The van der Waals surface area contributed by atoms with Gasteiger partial charge in [-0.2, -0.15) is 0 Å². The van der Waals surface area contributed by atoms with E-state index in [1.807, 2.05) is 24.3 Å². The first-order valence-corrected chi connectivity index (χ1v) is 6.11. The second-order valence-corrected chi connectivity index (χ2v) is 4.73. The Morgan fingerprint density at radius 3 is 2.86 bits per heavy atom. The Balaban J connectivity index is 0.00000132. The molecule has 0 spiro atoms. The van der Waals surface area contributed by atoms with E-state index in [-0.39, 0.29) is 29.3 Å². The van der Waals surface area contributed by atoms with E-state index in [2.05, 4.69) is 9.97 Å². The zero-order valence-electron chi connectivity index (χ0n) is 10.7. The number of aromatic carboxylic acids is 1. The average molecular weight is 304 g/mol. The molecule has 2 heterocycles. The van der Waals surface area contributed by atoms with E-state index in [4.69, 9.17) is 5.11 Å². The normalized spacial score (nSPS) is 11.8. The van der Waals surface area contributed by atoms with E-state index in [1.165, 1.54) is 6.20 Å². The van der Waals surface area contributed by atoms with Gasteiger partial charge in [0.1, 0.15) is 0 Å². The lowest BCUT2D eigenvalue weighted by molar-refractivity contribution is 0.0691. The number of fused-ring (bicyclic) bond motifs is 5. The number of carboxylic acids is 1. The number of nitrogens with zero attached hydrogens (tertiary/aromatic N) is 2. The molecule has 7 heteroatoms. The molecule has 1 aliphatic carbocycles. The van der Waals surface area contributed by atoms with Crippen LogP contribution >= 0.6 is 12.4 Å². The van der Waals surface area contributed by atoms with Gasteiger partial charge in [-0.15, -0.1) is 12.4 Å². The first kappa shape index (κ1) is 13.4. The zero-order valence-corrected chi connectivity index (χ0v) is 11.5. The summed E-state index contributed by atoms with van der Waals surface area (Å²) in [6.07, 6.45) is 2.05. The SMILES string of the molecule is Cl.O=C(O)c1cn2c3c([nH]c(=O)c2n1)-c1ccccc1C3. The van der Waals surface area contributed by atoms with Gasteiger partial charge in [0.2, 0.25) is 5.65 Å². The van der Waals surface area contributed by atoms with E-state index in [9.17, 15) is 9.59 Å². The van der Waals surface area contributed by atoms with Gasteiger partial charge in [0, 0.05) is 18.2 Å². The van der Waals surface area contributed by atoms with Crippen LogP contribution < -0.4 is 5.56 Å². The van der Waals surface area contributed by atoms with Crippen molar-refractivity contribution < 1.29 is 9.90 Å². The molecule has 2 aromatic heterocycles. The molecule has 0 saturated heterocycles. The van der Waals surface area contributed by atoms with Crippen molar-refractivity contribution in [2.24, 2.45) is 0 Å². The number of aromatic nitrogens is 3. The predicted molar refractivity (Wildman–Crippen MR) is 78.3 cm³/mol. The third kappa shape index (κ3) is 1.76. The van der Waals surface area contributed by atoms with Crippen LogP contribution in [0.1, 0.15) is 21.7 Å². The lowest BCUT2D eigenvalue weighted by Crippen LogP contribution is -2.13. The van der Waals surface area contributed by atoms with Crippen molar-refractivity contribution in [1.82, 2.24) is 14.4 Å². The molecule has 21 heavy (non-hydrogen) atoms. The fraction of sp³-hybridized carbons (Fsp3) is 0.0714. The number of aromatic amines is 1. The van der Waals surface area contributed by atoms with Gasteiger partial charge in [-0.1, -0.05) is 24.3 Å². The summed E-state index contributed by atoms with van der Waals surface area (Å²) in [5.41, 5.74) is 3.30. The fourth-order valence-corrected chi connectivity index (χ4v) is 2.71. The minimum Gasteiger partial charge on any atom is -0.476 e. The van der Waals surface area contributed by atoms with Crippen LogP contribution in [0.25, 0.3) is 16.9 Å². The number of carbonyl (C=O) groups is 1. The molecule has 1 aliphatic rings. The van der Waals surface area contributed by atoms with Gasteiger partial charge in [-0.25, -0.2) is 9.78 Å². The van der Waals surface area contributed by atoms with Gasteiger partial charge in [-0.3, -0.25) is 9.20 Å². The third-order valence-electron chi connectivity index (χ3n) is 3.59. The fourth-order valence-electron chi connectivity index (χ4n) is 2.71. The number of carboxylic acid groups (broad SMARTS) is 1. The molecule has 4 rings (SSSR count). The molecule has 0 radical (unpaired) electrons. The number of hydrogen-bond donors (Lipinski definition) is 2. The van der Waals surface area contributed by atoms with Crippen molar-refractivity contribution in [3.63, 3.8) is 0 Å². The third-order valence-corrected chi connectivity index (χ3v) is 3.59. The van der Waals surface area contributed by atoms with Crippen LogP contribution in [-0.2, 0) is 6.42 Å². The summed E-state index contributed by atoms with van der Waals surface area (Å²) in [5, 5.41) is 9.01. The Bertz CT molecular complexity index is 942. The van der Waals surface area contributed by atoms with Crippen molar-refractivity contribution in [3.8, 4) is 11.3 Å². The van der Waals surface area contributed by atoms with Gasteiger partial charge in [0.15, 0.2) is 5.69 Å². The summed E-state index contributed by atoms with van der Waals surface area (Å²) in [5.74, 6) is -1.14. The number of hydrogen-bond acceptors (Lipinski definition) is 3. The van der Waals surface area contributed by atoms with Gasteiger partial charge < -0.3 is 10.1 Å². The summed E-state index contributed by atoms with van der Waals surface area (Å²) in [4.78, 5) is 29.7. The summed E-state index contributed by atoms with van der Waals surface area (Å²) in [6, 6.07) is 7.79. The molecule has 2 N–H and O–H groups in total. The lowest BCUT2D eigenvalue weighted by Gasteiger charge is -2.02. The van der Waals surface area contributed by atoms with E-state index < -0.39 is 5.97 Å². The highest BCUT2D eigenvalue weighted by atomic mass is 35.5. The molecule has 0 bridgehead atoms. The minimum absolute atomic E-state index is 0. The zero-order chi connectivity index (χ0) is 13.9. The Morgan fingerprint density at radius 1 is 1.33 bits per heavy atom. The Kier molecular flexibility index (Phi) is 2.84. The number of halogens is 1. The van der Waals surface area contributed by atoms with Crippen molar-refractivity contribution in [2.45, 2.75) is 6.42 Å². The van der Waals surface area contributed by atoms with Crippen LogP contribution in [0.2, 0.25) is 0 Å². The Morgan fingerprint density at radius 2 is 2.10 bits per heavy atom. The second-order valence-electron chi connectivity index (χ2n) is 4.73. The molecular weight excluding hydrogens is 294 g/mol. The maximum Gasteiger partial charge on any atom is 0.356 e. The first-order valence-electron chi connectivity index (χ1n) is 6.11. The second kappa shape index (κ2) is 4.46. The molecule has 6 nitrogen and oxygen atoms in total. The van der Waals surface area contributed by atoms with Crippen molar-refractivity contribution >= 4 is 24.0 Å². The number of benzene rings is 1. The number of H-pyrrole nitrogens is 1. The number of imidazole rings is 1. The first-order chi connectivity index (χ1) is 9.65. The minimum atomic E-state index is -1.14. The van der Waals surface area contributed by atoms with Crippen molar-refractivity contribution in [2.75, 3.05) is 0 Å². The highest BCUT2D eigenvalue weighted by Crippen LogP contribution is 2.34. The van der Waals surface area contributed by atoms with Crippen LogP contribution in [0.15, 0.2) is 35.3 Å². The summed E-state index contributed by atoms with van der Waals surface area (Å²) in [7, 11) is 0. The average Bonchev–Trinajstić information content (AvgIpc) is 3.01. The summed E-state index contributed by atoms with van der Waals surface area (Å²) >= 11 is 0. The summed E-state index contributed by atoms with van der Waals surface area (Å²) in [6.45, 7) is 0. The molecule has 1 aromatic carbocycles. The quantitative estimate of drug-likeness (QED) is 0.560. The molecule has 0 unspecified atom stereocenters. The smallest absolute Gasteiger partial charge is 0.356 e. The molecule has 0 fully saturated rings. The van der Waals surface area contributed by atoms with Crippen LogP contribution in [-0.4, -0.2) is 25.4 Å². The molecule has 0 atom stereocenters. The van der Waals surface area contributed by atoms with E-state index in [0.29, 0.717) is 6.42 Å². The maximum absolute atomic E-state index is 12.1. The number of nitrogens with one attached hydrogen (secondary N) is 1. The Hall–Kier alpha value is -2.60. The van der Waals surface area contributed by atoms with Crippen LogP contribution in [0.5, 0.6) is 0 Å². The monoisotopic (exact) mass is 303 g/mol. The lowest BCUT2D eigenvalue weighted by atomic mass is 10.1. The van der Waals surface area contributed by atoms with Gasteiger partial charge in [-0.05, 0) is 5.56 Å².